The van der Waals surface area contributed by atoms with E-state index in [1.807, 2.05) is 12.1 Å². The highest BCUT2D eigenvalue weighted by Gasteiger charge is 2.40. The zero-order valence-corrected chi connectivity index (χ0v) is 12.9. The van der Waals surface area contributed by atoms with E-state index in [4.69, 9.17) is 9.47 Å². The van der Waals surface area contributed by atoms with E-state index in [1.54, 1.807) is 12.1 Å². The number of para-hydroxylation sites is 1. The molecule has 1 aromatic carbocycles. The molecule has 7 heteroatoms. The van der Waals surface area contributed by atoms with Gasteiger partial charge < -0.3 is 14.4 Å². The molecule has 2 heterocycles. The average molecular weight is 312 g/mol. The Hall–Kier alpha value is -1.15. The van der Waals surface area contributed by atoms with Gasteiger partial charge in [-0.05, 0) is 19.2 Å². The Bertz CT molecular complexity index is 601. The van der Waals surface area contributed by atoms with Gasteiger partial charge in [0.2, 0.25) is 10.0 Å². The van der Waals surface area contributed by atoms with E-state index in [9.17, 15) is 8.42 Å². The molecule has 0 amide bonds. The molecule has 2 fully saturated rings. The van der Waals surface area contributed by atoms with Crippen LogP contribution in [0.2, 0.25) is 0 Å². The highest BCUT2D eigenvalue weighted by atomic mass is 32.2. The first-order valence-electron chi connectivity index (χ1n) is 7.12. The Balaban J connectivity index is 1.83. The maximum Gasteiger partial charge on any atom is 0.242 e. The van der Waals surface area contributed by atoms with Gasteiger partial charge in [0.15, 0.2) is 5.79 Å². The second-order valence-corrected chi connectivity index (χ2v) is 7.12. The number of rotatable bonds is 3. The molecule has 0 atom stereocenters. The average Bonchev–Trinajstić information content (AvgIpc) is 2.96. The highest BCUT2D eigenvalue weighted by Crippen LogP contribution is 2.35. The summed E-state index contributed by atoms with van der Waals surface area (Å²) in [4.78, 5) is 2.40. The van der Waals surface area contributed by atoms with Crippen LogP contribution in [-0.2, 0) is 19.5 Å². The number of hydrogen-bond donors (Lipinski definition) is 1. The minimum Gasteiger partial charge on any atom is -0.370 e. The van der Waals surface area contributed by atoms with E-state index >= 15 is 0 Å². The molecule has 1 spiro atoms. The fourth-order valence-electron chi connectivity index (χ4n) is 2.93. The van der Waals surface area contributed by atoms with Gasteiger partial charge in [0.25, 0.3) is 0 Å². The van der Waals surface area contributed by atoms with E-state index in [-0.39, 0.29) is 0 Å². The summed E-state index contributed by atoms with van der Waals surface area (Å²) in [5.41, 5.74) is 0.736. The van der Waals surface area contributed by atoms with Crippen LogP contribution in [0, 0.1) is 0 Å². The third-order valence-corrected chi connectivity index (χ3v) is 5.56. The minimum atomic E-state index is -3.46. The van der Waals surface area contributed by atoms with E-state index < -0.39 is 15.8 Å². The van der Waals surface area contributed by atoms with Crippen LogP contribution in [-0.4, -0.2) is 47.6 Å². The van der Waals surface area contributed by atoms with Crippen molar-refractivity contribution < 1.29 is 17.9 Å². The molecule has 0 saturated carbocycles. The van der Waals surface area contributed by atoms with E-state index in [2.05, 4.69) is 9.62 Å². The van der Waals surface area contributed by atoms with Crippen LogP contribution in [0.25, 0.3) is 0 Å². The quantitative estimate of drug-likeness (QED) is 0.899. The lowest BCUT2D eigenvalue weighted by Gasteiger charge is -2.39. The summed E-state index contributed by atoms with van der Waals surface area (Å²) in [6.07, 6.45) is 1.50. The Kier molecular flexibility index (Phi) is 3.92. The zero-order valence-electron chi connectivity index (χ0n) is 12.0. The van der Waals surface area contributed by atoms with Gasteiger partial charge >= 0.3 is 0 Å². The lowest BCUT2D eigenvalue weighted by atomic mass is 10.0. The van der Waals surface area contributed by atoms with Gasteiger partial charge in [-0.15, -0.1) is 0 Å². The van der Waals surface area contributed by atoms with Crippen molar-refractivity contribution in [2.45, 2.75) is 23.5 Å². The Morgan fingerprint density at radius 3 is 2.38 bits per heavy atom. The summed E-state index contributed by atoms with van der Waals surface area (Å²) in [7, 11) is -2.03. The zero-order chi connectivity index (χ0) is 14.9. The Morgan fingerprint density at radius 2 is 1.76 bits per heavy atom. The molecule has 3 rings (SSSR count). The fraction of sp³-hybridized carbons (Fsp3) is 0.571. The lowest BCUT2D eigenvalue weighted by molar-refractivity contribution is -0.169. The molecule has 2 saturated heterocycles. The predicted molar refractivity (Wildman–Crippen MR) is 78.8 cm³/mol. The van der Waals surface area contributed by atoms with Gasteiger partial charge in [0.1, 0.15) is 4.90 Å². The van der Waals surface area contributed by atoms with Crippen molar-refractivity contribution in [1.29, 1.82) is 0 Å². The molecule has 0 unspecified atom stereocenters. The lowest BCUT2D eigenvalue weighted by Crippen LogP contribution is -2.45. The smallest absolute Gasteiger partial charge is 0.242 e. The summed E-state index contributed by atoms with van der Waals surface area (Å²) in [5, 5.41) is 0. The maximum atomic E-state index is 12.1. The van der Waals surface area contributed by atoms with E-state index in [1.165, 1.54) is 7.05 Å². The number of sulfonamides is 1. The van der Waals surface area contributed by atoms with Crippen molar-refractivity contribution in [3.8, 4) is 0 Å². The van der Waals surface area contributed by atoms with Crippen LogP contribution in [0.4, 0.5) is 5.69 Å². The summed E-state index contributed by atoms with van der Waals surface area (Å²) >= 11 is 0. The van der Waals surface area contributed by atoms with Crippen molar-refractivity contribution in [3.63, 3.8) is 0 Å². The molecule has 6 nitrogen and oxygen atoms in total. The van der Waals surface area contributed by atoms with Gasteiger partial charge in [-0.3, -0.25) is 0 Å². The number of nitrogens with one attached hydrogen (secondary N) is 1. The van der Waals surface area contributed by atoms with Gasteiger partial charge in [0.05, 0.1) is 18.9 Å². The highest BCUT2D eigenvalue weighted by molar-refractivity contribution is 7.89. The predicted octanol–water partition coefficient (Wildman–Crippen LogP) is 0.938. The molecule has 21 heavy (non-hydrogen) atoms. The molecule has 116 valence electrons. The summed E-state index contributed by atoms with van der Waals surface area (Å²) in [6, 6.07) is 7.08. The van der Waals surface area contributed by atoms with Crippen LogP contribution in [0.5, 0.6) is 0 Å². The fourth-order valence-corrected chi connectivity index (χ4v) is 3.88. The van der Waals surface area contributed by atoms with Crippen LogP contribution in [0.3, 0.4) is 0 Å². The summed E-state index contributed by atoms with van der Waals surface area (Å²) in [6.45, 7) is 2.72. The Labute approximate surface area is 125 Å². The largest absolute Gasteiger partial charge is 0.370 e. The minimum absolute atomic E-state index is 0.316. The topological polar surface area (TPSA) is 67.9 Å². The van der Waals surface area contributed by atoms with Crippen molar-refractivity contribution in [2.24, 2.45) is 0 Å². The number of benzene rings is 1. The van der Waals surface area contributed by atoms with Crippen LogP contribution >= 0.6 is 0 Å². The molecule has 1 aromatic rings. The molecular weight excluding hydrogens is 292 g/mol. The summed E-state index contributed by atoms with van der Waals surface area (Å²) in [5.74, 6) is -0.451. The molecule has 0 aliphatic carbocycles. The van der Waals surface area contributed by atoms with Crippen molar-refractivity contribution in [2.75, 3.05) is 38.3 Å². The molecule has 0 radical (unpaired) electrons. The first-order valence-corrected chi connectivity index (χ1v) is 8.60. The maximum absolute atomic E-state index is 12.1. The van der Waals surface area contributed by atoms with E-state index in [0.29, 0.717) is 18.1 Å². The van der Waals surface area contributed by atoms with Gasteiger partial charge in [-0.1, -0.05) is 12.1 Å². The number of piperidine rings is 1. The van der Waals surface area contributed by atoms with E-state index in [0.717, 1.165) is 31.6 Å². The third-order valence-electron chi connectivity index (χ3n) is 4.10. The number of hydrogen-bond acceptors (Lipinski definition) is 5. The monoisotopic (exact) mass is 312 g/mol. The number of nitrogens with zero attached hydrogens (tertiary/aromatic N) is 1. The SMILES string of the molecule is CNS(=O)(=O)c1ccccc1N1CCC2(CC1)OCCO2. The molecule has 0 aromatic heterocycles. The standard InChI is InChI=1S/C14H20N2O4S/c1-15-21(17,18)13-5-3-2-4-12(13)16-8-6-14(7-9-16)19-10-11-20-14/h2-5,15H,6-11H2,1H3. The van der Waals surface area contributed by atoms with Crippen molar-refractivity contribution >= 4 is 15.7 Å². The van der Waals surface area contributed by atoms with Crippen LogP contribution < -0.4 is 9.62 Å². The first kappa shape index (κ1) is 14.8. The van der Waals surface area contributed by atoms with Crippen molar-refractivity contribution in [3.05, 3.63) is 24.3 Å². The van der Waals surface area contributed by atoms with Crippen molar-refractivity contribution in [1.82, 2.24) is 4.72 Å². The second kappa shape index (κ2) is 5.57. The second-order valence-electron chi connectivity index (χ2n) is 5.27. The molecule has 2 aliphatic heterocycles. The van der Waals surface area contributed by atoms with Crippen LogP contribution in [0.15, 0.2) is 29.2 Å². The summed E-state index contributed by atoms with van der Waals surface area (Å²) < 4.78 is 38.0. The van der Waals surface area contributed by atoms with Gasteiger partial charge in [0, 0.05) is 25.9 Å². The number of ether oxygens (including phenoxy) is 2. The normalized spacial score (nSPS) is 21.9. The molecule has 1 N–H and O–H groups in total. The number of anilines is 1. The first-order chi connectivity index (χ1) is 10.1. The molecule has 0 bridgehead atoms. The van der Waals surface area contributed by atoms with Crippen LogP contribution in [0.1, 0.15) is 12.8 Å². The Morgan fingerprint density at radius 1 is 1.14 bits per heavy atom. The third kappa shape index (κ3) is 2.78. The molecule has 2 aliphatic rings. The van der Waals surface area contributed by atoms with Gasteiger partial charge in [-0.2, -0.15) is 0 Å². The molecular formula is C14H20N2O4S. The van der Waals surface area contributed by atoms with Gasteiger partial charge in [-0.25, -0.2) is 13.1 Å².